The quantitative estimate of drug-likeness (QED) is 0.245. The molecule has 0 saturated carbocycles. The molecular weight excluding hydrogens is 449 g/mol. The zero-order chi connectivity index (χ0) is 21.3. The van der Waals surface area contributed by atoms with Gasteiger partial charge in [-0.25, -0.2) is 18.5 Å². The number of nitrogens with zero attached hydrogens (tertiary/aromatic N) is 1. The maximum atomic E-state index is 11.8. The zero-order valence-corrected chi connectivity index (χ0v) is 16.5. The number of H-pyrrole nitrogens is 1. The van der Waals surface area contributed by atoms with Crippen LogP contribution >= 0.6 is 23.5 Å². The lowest BCUT2D eigenvalue weighted by molar-refractivity contribution is -0.0105. The summed E-state index contributed by atoms with van der Waals surface area (Å²) in [4.78, 5) is 60.5. The normalized spacial score (nSPS) is 24.0. The summed E-state index contributed by atoms with van der Waals surface area (Å²) >= 11 is 0. The number of nitrogens with one attached hydrogen (secondary N) is 1. The molecule has 3 unspecified atom stereocenters. The molecule has 1 aromatic heterocycles. The van der Waals surface area contributed by atoms with E-state index in [1.807, 2.05) is 0 Å². The molecule has 2 rings (SSSR count). The van der Waals surface area contributed by atoms with Crippen LogP contribution in [-0.2, 0) is 31.6 Å². The molecule has 1 aliphatic rings. The highest BCUT2D eigenvalue weighted by molar-refractivity contribution is 7.66. The van der Waals surface area contributed by atoms with Crippen LogP contribution in [0.1, 0.15) is 11.8 Å². The summed E-state index contributed by atoms with van der Waals surface area (Å²) in [5.41, 5.74) is -1.11. The SMILES string of the molecule is Cc1cn(C2C=C[C@@H](COP(=O)(O)OP(=O)(O)OP(=O)(O)O)O2)c(=O)[nH]c1=O. The molecule has 4 atom stereocenters. The maximum absolute atomic E-state index is 11.8. The van der Waals surface area contributed by atoms with E-state index in [9.17, 15) is 28.2 Å². The Hall–Kier alpha value is -1.21. The van der Waals surface area contributed by atoms with Crippen molar-refractivity contribution in [1.29, 1.82) is 0 Å². The molecular formula is C10H15N2O13P3. The van der Waals surface area contributed by atoms with Gasteiger partial charge in [-0.15, -0.1) is 0 Å². The predicted molar refractivity (Wildman–Crippen MR) is 88.9 cm³/mol. The number of rotatable bonds is 8. The van der Waals surface area contributed by atoms with Gasteiger partial charge in [-0.3, -0.25) is 18.9 Å². The molecule has 0 spiro atoms. The maximum Gasteiger partial charge on any atom is 0.490 e. The molecule has 0 amide bonds. The van der Waals surface area contributed by atoms with Gasteiger partial charge in [0.15, 0.2) is 6.23 Å². The molecule has 0 saturated heterocycles. The first-order chi connectivity index (χ1) is 12.7. The van der Waals surface area contributed by atoms with Crippen LogP contribution < -0.4 is 11.2 Å². The lowest BCUT2D eigenvalue weighted by Crippen LogP contribution is -2.33. The Morgan fingerprint density at radius 1 is 1.11 bits per heavy atom. The number of aromatic amines is 1. The number of hydrogen-bond acceptors (Lipinski definition) is 9. The topological polar surface area (TPSA) is 224 Å². The van der Waals surface area contributed by atoms with Crippen LogP contribution in [0.4, 0.5) is 0 Å². The largest absolute Gasteiger partial charge is 0.490 e. The van der Waals surface area contributed by atoms with E-state index >= 15 is 0 Å². The third-order valence-corrected chi connectivity index (χ3v) is 6.85. The summed E-state index contributed by atoms with van der Waals surface area (Å²) in [7, 11) is -16.4. The molecule has 28 heavy (non-hydrogen) atoms. The fraction of sp³-hybridized carbons (Fsp3) is 0.400. The third kappa shape index (κ3) is 6.69. The van der Waals surface area contributed by atoms with E-state index in [1.165, 1.54) is 25.3 Å². The predicted octanol–water partition coefficient (Wildman–Crippen LogP) is -0.358. The van der Waals surface area contributed by atoms with Gasteiger partial charge in [0.05, 0.1) is 6.61 Å². The van der Waals surface area contributed by atoms with E-state index < -0.39 is 53.7 Å². The smallest absolute Gasteiger partial charge is 0.344 e. The molecule has 0 aliphatic carbocycles. The zero-order valence-electron chi connectivity index (χ0n) is 13.8. The molecule has 18 heteroatoms. The van der Waals surface area contributed by atoms with Gasteiger partial charge < -0.3 is 24.3 Å². The fourth-order valence-corrected chi connectivity index (χ4v) is 5.02. The average Bonchev–Trinajstić information content (AvgIpc) is 2.94. The number of aryl methyl sites for hydroxylation is 1. The van der Waals surface area contributed by atoms with Crippen molar-refractivity contribution in [2.45, 2.75) is 19.3 Å². The van der Waals surface area contributed by atoms with E-state index in [4.69, 9.17) is 19.4 Å². The monoisotopic (exact) mass is 464 g/mol. The summed E-state index contributed by atoms with van der Waals surface area (Å²) in [6.45, 7) is 0.758. The minimum Gasteiger partial charge on any atom is -0.344 e. The van der Waals surface area contributed by atoms with Crippen LogP contribution in [0.2, 0.25) is 0 Å². The van der Waals surface area contributed by atoms with Gasteiger partial charge >= 0.3 is 29.2 Å². The number of aromatic nitrogens is 2. The molecule has 0 aromatic carbocycles. The Morgan fingerprint density at radius 2 is 1.75 bits per heavy atom. The van der Waals surface area contributed by atoms with E-state index in [0.717, 1.165) is 4.57 Å². The van der Waals surface area contributed by atoms with Gasteiger partial charge in [0.25, 0.3) is 5.56 Å². The van der Waals surface area contributed by atoms with Crippen molar-refractivity contribution in [2.24, 2.45) is 0 Å². The Kier molecular flexibility index (Phi) is 6.81. The molecule has 158 valence electrons. The van der Waals surface area contributed by atoms with Crippen molar-refractivity contribution in [3.8, 4) is 0 Å². The molecule has 1 aromatic rings. The van der Waals surface area contributed by atoms with E-state index in [0.29, 0.717) is 0 Å². The van der Waals surface area contributed by atoms with E-state index in [2.05, 4.69) is 18.1 Å². The standard InChI is InChI=1S/C10H15N2O13P3/c1-6-4-12(10(14)11-9(6)13)8-3-2-7(23-8)5-22-27(18,19)25-28(20,21)24-26(15,16)17/h2-4,7-8H,5H2,1H3,(H,18,19)(H,20,21)(H,11,13,14)(H2,15,16,17)/t7-,8?/m0/s1. The second kappa shape index (κ2) is 8.27. The van der Waals surface area contributed by atoms with Crippen molar-refractivity contribution >= 4 is 23.5 Å². The average molecular weight is 464 g/mol. The summed E-state index contributed by atoms with van der Waals surface area (Å²) in [6, 6.07) is 0. The molecule has 1 aliphatic heterocycles. The molecule has 5 N–H and O–H groups in total. The molecule has 15 nitrogen and oxygen atoms in total. The van der Waals surface area contributed by atoms with Crippen molar-refractivity contribution < 1.29 is 51.2 Å². The highest BCUT2D eigenvalue weighted by atomic mass is 31.3. The van der Waals surface area contributed by atoms with Crippen LogP contribution in [0, 0.1) is 6.92 Å². The molecule has 0 fully saturated rings. The highest BCUT2D eigenvalue weighted by Gasteiger charge is 2.41. The van der Waals surface area contributed by atoms with E-state index in [1.54, 1.807) is 0 Å². The summed E-state index contributed by atoms with van der Waals surface area (Å²) in [6.07, 6.45) is 1.97. The van der Waals surface area contributed by atoms with Crippen LogP contribution in [0.5, 0.6) is 0 Å². The number of ether oxygens (including phenoxy) is 1. The Balaban J connectivity index is 1.97. The second-order valence-corrected chi connectivity index (χ2v) is 9.74. The minimum atomic E-state index is -5.61. The Labute approximate surface area is 155 Å². The molecule has 0 bridgehead atoms. The number of hydrogen-bond donors (Lipinski definition) is 5. The Bertz CT molecular complexity index is 1020. The lowest BCUT2D eigenvalue weighted by Gasteiger charge is -2.19. The van der Waals surface area contributed by atoms with Crippen LogP contribution in [0.3, 0.4) is 0 Å². The number of phosphoric acid groups is 3. The van der Waals surface area contributed by atoms with Crippen LogP contribution in [0.15, 0.2) is 27.9 Å². The third-order valence-electron chi connectivity index (χ3n) is 3.04. The van der Waals surface area contributed by atoms with Crippen molar-refractivity contribution in [3.63, 3.8) is 0 Å². The fourth-order valence-electron chi connectivity index (χ4n) is 1.99. The summed E-state index contributed by atoms with van der Waals surface area (Å²) < 4.78 is 51.3. The van der Waals surface area contributed by atoms with Crippen molar-refractivity contribution in [2.75, 3.05) is 6.61 Å². The molecule has 2 heterocycles. The van der Waals surface area contributed by atoms with E-state index in [-0.39, 0.29) is 5.56 Å². The van der Waals surface area contributed by atoms with Gasteiger partial charge in [0.1, 0.15) is 6.10 Å². The van der Waals surface area contributed by atoms with Gasteiger partial charge in [0, 0.05) is 11.8 Å². The van der Waals surface area contributed by atoms with Gasteiger partial charge in [-0.1, -0.05) is 6.08 Å². The molecule has 0 radical (unpaired) electrons. The number of phosphoric ester groups is 1. The lowest BCUT2D eigenvalue weighted by atomic mass is 10.3. The highest BCUT2D eigenvalue weighted by Crippen LogP contribution is 2.66. The summed E-state index contributed by atoms with van der Waals surface area (Å²) in [5, 5.41) is 0. The van der Waals surface area contributed by atoms with Crippen molar-refractivity contribution in [3.05, 3.63) is 44.8 Å². The summed E-state index contributed by atoms with van der Waals surface area (Å²) in [5.74, 6) is 0. The van der Waals surface area contributed by atoms with Crippen LogP contribution in [-0.4, -0.2) is 41.8 Å². The first-order valence-corrected chi connectivity index (χ1v) is 11.6. The second-order valence-electron chi connectivity index (χ2n) is 5.32. The minimum absolute atomic E-state index is 0.230. The van der Waals surface area contributed by atoms with Crippen LogP contribution in [0.25, 0.3) is 0 Å². The first kappa shape index (κ1) is 23.1. The first-order valence-electron chi connectivity index (χ1n) is 7.12. The van der Waals surface area contributed by atoms with Gasteiger partial charge in [-0.2, -0.15) is 8.62 Å². The van der Waals surface area contributed by atoms with Gasteiger partial charge in [-0.05, 0) is 13.0 Å². The Morgan fingerprint density at radius 3 is 2.36 bits per heavy atom. The van der Waals surface area contributed by atoms with Crippen molar-refractivity contribution in [1.82, 2.24) is 9.55 Å². The van der Waals surface area contributed by atoms with Gasteiger partial charge in [0.2, 0.25) is 0 Å².